The molecule has 0 atom stereocenters. The normalized spacial score (nSPS) is 10.9. The molecule has 0 aliphatic rings. The summed E-state index contributed by atoms with van der Waals surface area (Å²) in [7, 11) is -3.98. The number of hydrogen-bond acceptors (Lipinski definition) is 6. The number of Topliss-reactive ketones (excluding diaryl/α,β-unsaturated/α-hetero) is 1. The van der Waals surface area contributed by atoms with Crippen LogP contribution < -0.4 is 10.5 Å². The molecule has 0 fully saturated rings. The Morgan fingerprint density at radius 2 is 1.63 bits per heavy atom. The predicted octanol–water partition coefficient (Wildman–Crippen LogP) is 1.64. The number of hydrogen-bond donors (Lipinski definition) is 2. The Bertz CT molecular complexity index is 997. The number of sulfonamides is 1. The van der Waals surface area contributed by atoms with E-state index in [-0.39, 0.29) is 16.4 Å². The first-order valence-electron chi connectivity index (χ1n) is 7.79. The van der Waals surface area contributed by atoms with E-state index in [2.05, 4.69) is 5.32 Å². The monoisotopic (exact) mass is 390 g/mol. The molecular weight excluding hydrogens is 372 g/mol. The van der Waals surface area contributed by atoms with Crippen LogP contribution in [0.4, 0.5) is 5.69 Å². The molecule has 3 N–H and O–H groups in total. The maximum atomic E-state index is 12.1. The number of nitrogens with two attached hydrogens (primary N) is 1. The van der Waals surface area contributed by atoms with E-state index >= 15 is 0 Å². The summed E-state index contributed by atoms with van der Waals surface area (Å²) in [5, 5.41) is 7.68. The van der Waals surface area contributed by atoms with Gasteiger partial charge in [-0.1, -0.05) is 6.07 Å². The molecule has 0 heterocycles. The molecule has 0 aliphatic carbocycles. The van der Waals surface area contributed by atoms with Gasteiger partial charge in [-0.25, -0.2) is 18.4 Å². The number of ketones is 1. The van der Waals surface area contributed by atoms with Gasteiger partial charge in [0.25, 0.3) is 0 Å². The van der Waals surface area contributed by atoms with E-state index < -0.39 is 28.4 Å². The maximum absolute atomic E-state index is 12.1. The first-order valence-corrected chi connectivity index (χ1v) is 9.34. The van der Waals surface area contributed by atoms with E-state index in [1.807, 2.05) is 0 Å². The second-order valence-corrected chi connectivity index (χ2v) is 7.31. The summed E-state index contributed by atoms with van der Waals surface area (Å²) in [5.41, 5.74) is 1.19. The molecule has 0 unspecified atom stereocenters. The first-order chi connectivity index (χ1) is 12.6. The molecule has 2 aromatic rings. The van der Waals surface area contributed by atoms with E-state index in [1.165, 1.54) is 31.2 Å². The van der Waals surface area contributed by atoms with Crippen molar-refractivity contribution in [3.05, 3.63) is 59.2 Å². The van der Waals surface area contributed by atoms with Gasteiger partial charge in [0.15, 0.2) is 12.4 Å². The number of amides is 1. The third kappa shape index (κ3) is 5.47. The number of rotatable bonds is 6. The highest BCUT2D eigenvalue weighted by atomic mass is 32.2. The van der Waals surface area contributed by atoms with Gasteiger partial charge in [-0.3, -0.25) is 9.59 Å². The van der Waals surface area contributed by atoms with Crippen molar-refractivity contribution in [3.8, 4) is 0 Å². The van der Waals surface area contributed by atoms with E-state index in [9.17, 15) is 22.8 Å². The highest BCUT2D eigenvalue weighted by molar-refractivity contribution is 7.89. The Morgan fingerprint density at radius 1 is 1.04 bits per heavy atom. The number of nitrogens with one attached hydrogen (secondary N) is 1. The summed E-state index contributed by atoms with van der Waals surface area (Å²) in [5.74, 6) is -1.53. The lowest BCUT2D eigenvalue weighted by Crippen LogP contribution is -2.17. The smallest absolute Gasteiger partial charge is 0.338 e. The summed E-state index contributed by atoms with van der Waals surface area (Å²) in [6, 6.07) is 10.0. The molecule has 0 saturated heterocycles. The number of aryl methyl sites for hydroxylation is 1. The minimum atomic E-state index is -3.98. The van der Waals surface area contributed by atoms with E-state index in [4.69, 9.17) is 9.88 Å². The minimum absolute atomic E-state index is 0.0292. The Hall–Kier alpha value is -3.04. The van der Waals surface area contributed by atoms with Gasteiger partial charge in [0.05, 0.1) is 10.5 Å². The van der Waals surface area contributed by atoms with Crippen LogP contribution in [0.1, 0.15) is 33.2 Å². The maximum Gasteiger partial charge on any atom is 0.338 e. The fourth-order valence-electron chi connectivity index (χ4n) is 2.27. The summed E-state index contributed by atoms with van der Waals surface area (Å²) < 4.78 is 28.0. The van der Waals surface area contributed by atoms with E-state index in [0.717, 1.165) is 6.07 Å². The fraction of sp³-hybridized carbons (Fsp3) is 0.167. The Morgan fingerprint density at radius 3 is 2.19 bits per heavy atom. The van der Waals surface area contributed by atoms with Crippen molar-refractivity contribution in [2.75, 3.05) is 11.9 Å². The van der Waals surface area contributed by atoms with Crippen molar-refractivity contribution < 1.29 is 27.5 Å². The quantitative estimate of drug-likeness (QED) is 0.569. The van der Waals surface area contributed by atoms with Crippen LogP contribution in [0.5, 0.6) is 0 Å². The van der Waals surface area contributed by atoms with Gasteiger partial charge in [-0.15, -0.1) is 0 Å². The zero-order valence-corrected chi connectivity index (χ0v) is 15.5. The number of carbonyl (C=O) groups excluding carboxylic acids is 3. The number of primary sulfonamides is 1. The highest BCUT2D eigenvalue weighted by Gasteiger charge is 2.17. The molecule has 9 heteroatoms. The van der Waals surface area contributed by atoms with Crippen molar-refractivity contribution in [1.82, 2.24) is 0 Å². The molecule has 27 heavy (non-hydrogen) atoms. The zero-order chi connectivity index (χ0) is 20.2. The lowest BCUT2D eigenvalue weighted by atomic mass is 10.1. The third-order valence-corrected chi connectivity index (χ3v) is 4.64. The van der Waals surface area contributed by atoms with Crippen molar-refractivity contribution in [3.63, 3.8) is 0 Å². The molecule has 0 radical (unpaired) electrons. The number of anilines is 1. The van der Waals surface area contributed by atoms with Crippen LogP contribution in [0.15, 0.2) is 47.4 Å². The highest BCUT2D eigenvalue weighted by Crippen LogP contribution is 2.16. The molecule has 0 bridgehead atoms. The SMILES string of the molecule is CC(=O)Nc1ccc(C(=O)COC(=O)c2ccc(C)c(S(N)(=O)=O)c2)cc1. The molecule has 0 aliphatic heterocycles. The minimum Gasteiger partial charge on any atom is -0.454 e. The Balaban J connectivity index is 2.05. The Labute approximate surface area is 156 Å². The van der Waals surface area contributed by atoms with E-state index in [0.29, 0.717) is 16.8 Å². The summed E-state index contributed by atoms with van der Waals surface area (Å²) in [6.45, 7) is 2.39. The second kappa shape index (κ2) is 8.11. The van der Waals surface area contributed by atoms with Crippen LogP contribution in [0.3, 0.4) is 0 Å². The molecule has 0 aromatic heterocycles. The van der Waals surface area contributed by atoms with Crippen LogP contribution in [0, 0.1) is 6.92 Å². The number of benzene rings is 2. The van der Waals surface area contributed by atoms with Crippen molar-refractivity contribution in [1.29, 1.82) is 0 Å². The standard InChI is InChI=1S/C18H18N2O6S/c1-11-3-4-14(9-17(11)27(19,24)25)18(23)26-10-16(22)13-5-7-15(8-6-13)20-12(2)21/h3-9H,10H2,1-2H3,(H,20,21)(H2,19,24,25). The van der Waals surface area contributed by atoms with Crippen LogP contribution in [0.2, 0.25) is 0 Å². The summed E-state index contributed by atoms with van der Waals surface area (Å²) in [6.07, 6.45) is 0. The van der Waals surface area contributed by atoms with E-state index in [1.54, 1.807) is 19.1 Å². The predicted molar refractivity (Wildman–Crippen MR) is 97.9 cm³/mol. The molecule has 2 rings (SSSR count). The van der Waals surface area contributed by atoms with Gasteiger partial charge in [-0.05, 0) is 48.9 Å². The molecule has 0 saturated carbocycles. The van der Waals surface area contributed by atoms with Crippen LogP contribution in [-0.4, -0.2) is 32.7 Å². The third-order valence-electron chi connectivity index (χ3n) is 3.59. The molecule has 0 spiro atoms. The van der Waals surface area contributed by atoms with Gasteiger partial charge in [0.1, 0.15) is 0 Å². The zero-order valence-electron chi connectivity index (χ0n) is 14.7. The molecule has 2 aromatic carbocycles. The molecule has 142 valence electrons. The Kier molecular flexibility index (Phi) is 6.09. The average molecular weight is 390 g/mol. The van der Waals surface area contributed by atoms with Gasteiger partial charge >= 0.3 is 5.97 Å². The average Bonchev–Trinajstić information content (AvgIpc) is 2.59. The first kappa shape index (κ1) is 20.3. The van der Waals surface area contributed by atoms with Crippen molar-refractivity contribution >= 4 is 33.4 Å². The fourth-order valence-corrected chi connectivity index (χ4v) is 3.08. The lowest BCUT2D eigenvalue weighted by Gasteiger charge is -2.08. The van der Waals surface area contributed by atoms with Crippen LogP contribution in [-0.2, 0) is 19.6 Å². The molecular formula is C18H18N2O6S. The topological polar surface area (TPSA) is 133 Å². The summed E-state index contributed by atoms with van der Waals surface area (Å²) in [4.78, 5) is 35.0. The second-order valence-electron chi connectivity index (χ2n) is 5.78. The number of carbonyl (C=O) groups is 3. The van der Waals surface area contributed by atoms with Crippen LogP contribution in [0.25, 0.3) is 0 Å². The largest absolute Gasteiger partial charge is 0.454 e. The van der Waals surface area contributed by atoms with Crippen LogP contribution >= 0.6 is 0 Å². The molecule has 1 amide bonds. The van der Waals surface area contributed by atoms with Gasteiger partial charge < -0.3 is 10.1 Å². The van der Waals surface area contributed by atoms with Gasteiger partial charge in [0, 0.05) is 18.2 Å². The summed E-state index contributed by atoms with van der Waals surface area (Å²) >= 11 is 0. The van der Waals surface area contributed by atoms with Gasteiger partial charge in [-0.2, -0.15) is 0 Å². The number of ether oxygens (including phenoxy) is 1. The molecule has 8 nitrogen and oxygen atoms in total. The van der Waals surface area contributed by atoms with Gasteiger partial charge in [0.2, 0.25) is 15.9 Å². The number of esters is 1. The van der Waals surface area contributed by atoms with Crippen molar-refractivity contribution in [2.45, 2.75) is 18.7 Å². The van der Waals surface area contributed by atoms with Crippen molar-refractivity contribution in [2.24, 2.45) is 5.14 Å². The lowest BCUT2D eigenvalue weighted by molar-refractivity contribution is -0.114.